The molecule has 0 amide bonds. The van der Waals surface area contributed by atoms with Gasteiger partial charge in [-0.3, -0.25) is 4.79 Å². The van der Waals surface area contributed by atoms with Gasteiger partial charge in [0.25, 0.3) is 0 Å². The molecule has 5 heteroatoms. The number of alkyl halides is 1. The third-order valence-corrected chi connectivity index (χ3v) is 5.70. The Balaban J connectivity index is 2.08. The maximum atomic E-state index is 13.4. The molecule has 1 N–H and O–H groups in total. The lowest BCUT2D eigenvalue weighted by atomic mass is 9.95. The zero-order valence-corrected chi connectivity index (χ0v) is 18.3. The third kappa shape index (κ3) is 4.61. The van der Waals surface area contributed by atoms with E-state index in [1.807, 2.05) is 24.3 Å². The number of carboxylic acids is 1. The summed E-state index contributed by atoms with van der Waals surface area (Å²) >= 11 is 3.44. The lowest BCUT2D eigenvalue weighted by molar-refractivity contribution is 0.0696. The maximum Gasteiger partial charge on any atom is 0.335 e. The van der Waals surface area contributed by atoms with Crippen LogP contribution in [0.25, 0.3) is 11.0 Å². The molecule has 0 aliphatic heterocycles. The van der Waals surface area contributed by atoms with Gasteiger partial charge < -0.3 is 9.52 Å². The number of benzene rings is 2. The summed E-state index contributed by atoms with van der Waals surface area (Å²) < 4.78 is 6.02. The first kappa shape index (κ1) is 21.3. The van der Waals surface area contributed by atoms with Gasteiger partial charge in [0.1, 0.15) is 11.3 Å². The van der Waals surface area contributed by atoms with Crippen LogP contribution in [0.5, 0.6) is 0 Å². The van der Waals surface area contributed by atoms with Gasteiger partial charge in [0, 0.05) is 22.7 Å². The van der Waals surface area contributed by atoms with Crippen molar-refractivity contribution in [1.82, 2.24) is 0 Å². The highest BCUT2D eigenvalue weighted by molar-refractivity contribution is 9.09. The van der Waals surface area contributed by atoms with Crippen LogP contribution in [0.15, 0.2) is 40.8 Å². The van der Waals surface area contributed by atoms with Crippen LogP contribution in [-0.4, -0.2) is 22.2 Å². The summed E-state index contributed by atoms with van der Waals surface area (Å²) in [5, 5.41) is 11.0. The summed E-state index contributed by atoms with van der Waals surface area (Å²) in [5.41, 5.74) is 3.65. The van der Waals surface area contributed by atoms with E-state index >= 15 is 0 Å². The lowest BCUT2D eigenvalue weighted by Gasteiger charge is -2.06. The van der Waals surface area contributed by atoms with Crippen molar-refractivity contribution < 1.29 is 19.1 Å². The number of halogens is 1. The highest BCUT2D eigenvalue weighted by atomic mass is 79.9. The van der Waals surface area contributed by atoms with Crippen molar-refractivity contribution in [2.45, 2.75) is 46.0 Å². The molecule has 2 aromatic carbocycles. The topological polar surface area (TPSA) is 67.5 Å². The van der Waals surface area contributed by atoms with Crippen molar-refractivity contribution in [3.8, 4) is 0 Å². The van der Waals surface area contributed by atoms with Crippen molar-refractivity contribution in [3.05, 3.63) is 70.0 Å². The van der Waals surface area contributed by atoms with E-state index in [0.717, 1.165) is 31.0 Å². The van der Waals surface area contributed by atoms with Gasteiger partial charge in [-0.25, -0.2) is 4.79 Å². The van der Waals surface area contributed by atoms with Gasteiger partial charge in [-0.1, -0.05) is 53.5 Å². The number of aryl methyl sites for hydroxylation is 3. The van der Waals surface area contributed by atoms with Gasteiger partial charge >= 0.3 is 5.97 Å². The first-order chi connectivity index (χ1) is 14.0. The molecule has 0 aliphatic rings. The predicted molar refractivity (Wildman–Crippen MR) is 119 cm³/mol. The van der Waals surface area contributed by atoms with Crippen LogP contribution in [0.2, 0.25) is 0 Å². The Hall–Kier alpha value is -2.40. The van der Waals surface area contributed by atoms with E-state index in [4.69, 9.17) is 4.42 Å². The monoisotopic (exact) mass is 456 g/mol. The molecule has 0 saturated carbocycles. The van der Waals surface area contributed by atoms with Gasteiger partial charge in [-0.2, -0.15) is 0 Å². The van der Waals surface area contributed by atoms with E-state index in [9.17, 15) is 14.7 Å². The fourth-order valence-electron chi connectivity index (χ4n) is 3.53. The fraction of sp³-hybridized carbons (Fsp3) is 0.333. The minimum atomic E-state index is -1.00. The maximum absolute atomic E-state index is 13.4. The van der Waals surface area contributed by atoms with Gasteiger partial charge in [0.05, 0.1) is 11.1 Å². The number of aromatic carboxylic acids is 1. The number of furan rings is 1. The summed E-state index contributed by atoms with van der Waals surface area (Å²) in [5.74, 6) is -0.491. The first-order valence-electron chi connectivity index (χ1n) is 9.95. The van der Waals surface area contributed by atoms with E-state index < -0.39 is 5.97 Å². The minimum Gasteiger partial charge on any atom is -0.478 e. The van der Waals surface area contributed by atoms with Crippen LogP contribution in [0.1, 0.15) is 69.4 Å². The Bertz CT molecular complexity index is 1030. The molecular weight excluding hydrogens is 432 g/mol. The number of unbranched alkanes of at least 4 members (excludes halogenated alkanes) is 1. The quantitative estimate of drug-likeness (QED) is 0.301. The van der Waals surface area contributed by atoms with Crippen LogP contribution in [0.3, 0.4) is 0 Å². The lowest BCUT2D eigenvalue weighted by Crippen LogP contribution is -2.05. The van der Waals surface area contributed by atoms with Crippen LogP contribution in [0, 0.1) is 6.92 Å². The van der Waals surface area contributed by atoms with Gasteiger partial charge in [-0.15, -0.1) is 0 Å². The second-order valence-corrected chi connectivity index (χ2v) is 8.08. The Morgan fingerprint density at radius 3 is 2.41 bits per heavy atom. The van der Waals surface area contributed by atoms with Crippen molar-refractivity contribution in [3.63, 3.8) is 0 Å². The molecule has 0 fully saturated rings. The van der Waals surface area contributed by atoms with E-state index in [2.05, 4.69) is 22.9 Å². The van der Waals surface area contributed by atoms with Gasteiger partial charge in [0.2, 0.25) is 0 Å². The molecule has 0 unspecified atom stereocenters. The number of hydrogen-bond acceptors (Lipinski definition) is 3. The van der Waals surface area contributed by atoms with Crippen molar-refractivity contribution in [2.24, 2.45) is 0 Å². The first-order valence-corrected chi connectivity index (χ1v) is 11.1. The average Bonchev–Trinajstić information content (AvgIpc) is 3.06. The normalized spacial score (nSPS) is 11.1. The molecule has 0 radical (unpaired) electrons. The number of carboxylic acid groups (broad SMARTS) is 1. The summed E-state index contributed by atoms with van der Waals surface area (Å²) in [6.07, 6.45) is 4.52. The van der Waals surface area contributed by atoms with E-state index in [1.54, 1.807) is 19.1 Å². The van der Waals surface area contributed by atoms with E-state index in [-0.39, 0.29) is 11.3 Å². The molecular formula is C24H25BrO4. The number of ketones is 1. The Morgan fingerprint density at radius 1 is 1.07 bits per heavy atom. The minimum absolute atomic E-state index is 0.123. The average molecular weight is 457 g/mol. The number of rotatable bonds is 9. The summed E-state index contributed by atoms with van der Waals surface area (Å²) in [7, 11) is 0. The standard InChI is InChI=1S/C24H25BrO4/c1-3-4-7-20-22(19-14-18(24(27)28)15(2)13-21(19)29-20)23(26)17-10-8-16(9-11-17)6-5-12-25/h8-11,13-14H,3-7,12H2,1-2H3,(H,27,28). The van der Waals surface area contributed by atoms with Crippen LogP contribution in [-0.2, 0) is 12.8 Å². The largest absolute Gasteiger partial charge is 0.478 e. The van der Waals surface area contributed by atoms with Crippen LogP contribution >= 0.6 is 15.9 Å². The number of fused-ring (bicyclic) bond motifs is 1. The van der Waals surface area contributed by atoms with Crippen molar-refractivity contribution in [2.75, 3.05) is 5.33 Å². The Morgan fingerprint density at radius 2 is 1.79 bits per heavy atom. The molecule has 3 rings (SSSR count). The number of carbonyl (C=O) groups is 2. The molecule has 0 aliphatic carbocycles. The Kier molecular flexibility index (Phi) is 6.91. The molecule has 0 spiro atoms. The molecule has 0 bridgehead atoms. The second kappa shape index (κ2) is 9.40. The van der Waals surface area contributed by atoms with E-state index in [1.165, 1.54) is 5.56 Å². The Labute approximate surface area is 179 Å². The predicted octanol–water partition coefficient (Wildman–Crippen LogP) is 6.34. The molecule has 0 atom stereocenters. The highest BCUT2D eigenvalue weighted by Gasteiger charge is 2.23. The van der Waals surface area contributed by atoms with Crippen LogP contribution in [0.4, 0.5) is 0 Å². The van der Waals surface area contributed by atoms with Gasteiger partial charge in [-0.05, 0) is 49.4 Å². The van der Waals surface area contributed by atoms with Crippen LogP contribution < -0.4 is 0 Å². The van der Waals surface area contributed by atoms with Crippen molar-refractivity contribution in [1.29, 1.82) is 0 Å². The fourth-order valence-corrected chi connectivity index (χ4v) is 3.81. The molecule has 1 heterocycles. The highest BCUT2D eigenvalue weighted by Crippen LogP contribution is 2.32. The summed E-state index contributed by atoms with van der Waals surface area (Å²) in [4.78, 5) is 25.0. The number of hydrogen-bond donors (Lipinski definition) is 1. The third-order valence-electron chi connectivity index (χ3n) is 5.14. The molecule has 1 aromatic heterocycles. The zero-order chi connectivity index (χ0) is 21.0. The SMILES string of the molecule is CCCCc1oc2cc(C)c(C(=O)O)cc2c1C(=O)c1ccc(CCCBr)cc1. The smallest absolute Gasteiger partial charge is 0.335 e. The molecule has 4 nitrogen and oxygen atoms in total. The molecule has 3 aromatic rings. The summed E-state index contributed by atoms with van der Waals surface area (Å²) in [6, 6.07) is 11.0. The van der Waals surface area contributed by atoms with E-state index in [0.29, 0.717) is 39.8 Å². The summed E-state index contributed by atoms with van der Waals surface area (Å²) in [6.45, 7) is 3.83. The second-order valence-electron chi connectivity index (χ2n) is 7.29. The molecule has 29 heavy (non-hydrogen) atoms. The van der Waals surface area contributed by atoms with Crippen molar-refractivity contribution >= 4 is 38.7 Å². The van der Waals surface area contributed by atoms with Gasteiger partial charge in [0.15, 0.2) is 5.78 Å². The zero-order valence-electron chi connectivity index (χ0n) is 16.8. The molecule has 152 valence electrons. The number of carbonyl (C=O) groups excluding carboxylic acids is 1. The molecule has 0 saturated heterocycles.